The minimum atomic E-state index is -4.46. The lowest BCUT2D eigenvalue weighted by atomic mass is 10.1. The van der Waals surface area contributed by atoms with E-state index in [4.69, 9.17) is 4.74 Å². The van der Waals surface area contributed by atoms with Gasteiger partial charge in [-0.25, -0.2) is 4.79 Å². The van der Waals surface area contributed by atoms with Crippen LogP contribution in [0, 0.1) is 0 Å². The van der Waals surface area contributed by atoms with Gasteiger partial charge in [-0.3, -0.25) is 9.69 Å². The number of alkyl halides is 3. The van der Waals surface area contributed by atoms with Crippen LogP contribution in [0.25, 0.3) is 0 Å². The lowest BCUT2D eigenvalue weighted by Crippen LogP contribution is -2.37. The zero-order chi connectivity index (χ0) is 28.0. The summed E-state index contributed by atoms with van der Waals surface area (Å²) in [5.41, 5.74) is 0.953. The van der Waals surface area contributed by atoms with Gasteiger partial charge in [0.05, 0.1) is 11.6 Å². The van der Waals surface area contributed by atoms with Crippen molar-refractivity contribution in [1.29, 1.82) is 0 Å². The summed E-state index contributed by atoms with van der Waals surface area (Å²) in [4.78, 5) is 28.0. The molecular formula is C30H25F3N2O3S. The van der Waals surface area contributed by atoms with E-state index in [0.29, 0.717) is 11.4 Å². The van der Waals surface area contributed by atoms with Gasteiger partial charge in [0.25, 0.3) is 0 Å². The minimum Gasteiger partial charge on any atom is -0.427 e. The van der Waals surface area contributed by atoms with Crippen LogP contribution in [0.2, 0.25) is 0 Å². The molecule has 2 amide bonds. The van der Waals surface area contributed by atoms with Gasteiger partial charge in [-0.1, -0.05) is 48.2 Å². The molecule has 0 fully saturated rings. The number of carbonyl (C=O) groups is 2. The van der Waals surface area contributed by atoms with E-state index in [1.807, 2.05) is 67.6 Å². The second kappa shape index (κ2) is 12.1. The molecule has 0 aliphatic rings. The summed E-state index contributed by atoms with van der Waals surface area (Å²) < 4.78 is 44.0. The van der Waals surface area contributed by atoms with E-state index in [2.05, 4.69) is 5.32 Å². The van der Waals surface area contributed by atoms with Gasteiger partial charge >= 0.3 is 18.2 Å². The van der Waals surface area contributed by atoms with Crippen LogP contribution in [0.1, 0.15) is 31.0 Å². The van der Waals surface area contributed by atoms with E-state index in [1.165, 1.54) is 30.8 Å². The number of esters is 1. The highest BCUT2D eigenvalue weighted by atomic mass is 32.2. The molecule has 0 aliphatic carbocycles. The Kier molecular flexibility index (Phi) is 8.61. The van der Waals surface area contributed by atoms with Gasteiger partial charge in [0.2, 0.25) is 0 Å². The van der Waals surface area contributed by atoms with Crippen molar-refractivity contribution in [3.05, 3.63) is 114 Å². The maximum Gasteiger partial charge on any atom is 0.416 e. The number of ether oxygens (including phenoxy) is 1. The molecule has 0 aromatic heterocycles. The fourth-order valence-electron chi connectivity index (χ4n) is 3.90. The number of anilines is 2. The smallest absolute Gasteiger partial charge is 0.416 e. The Hall–Kier alpha value is -4.24. The molecule has 0 aliphatic heterocycles. The lowest BCUT2D eigenvalue weighted by Gasteiger charge is -2.30. The van der Waals surface area contributed by atoms with E-state index in [-0.39, 0.29) is 11.7 Å². The third kappa shape index (κ3) is 7.42. The summed E-state index contributed by atoms with van der Waals surface area (Å²) in [5, 5.41) is 2.73. The summed E-state index contributed by atoms with van der Waals surface area (Å²) in [7, 11) is 0. The van der Waals surface area contributed by atoms with Crippen molar-refractivity contribution >= 4 is 35.1 Å². The zero-order valence-electron chi connectivity index (χ0n) is 21.1. The molecular weight excluding hydrogens is 525 g/mol. The number of rotatable bonds is 7. The number of nitrogens with zero attached hydrogens (tertiary/aromatic N) is 1. The molecule has 0 radical (unpaired) electrons. The molecule has 4 aromatic rings. The van der Waals surface area contributed by atoms with Gasteiger partial charge in [0.1, 0.15) is 5.75 Å². The van der Waals surface area contributed by atoms with Crippen molar-refractivity contribution < 1.29 is 27.5 Å². The Labute approximate surface area is 228 Å². The largest absolute Gasteiger partial charge is 0.427 e. The average Bonchev–Trinajstić information content (AvgIpc) is 2.90. The molecule has 0 spiro atoms. The van der Waals surface area contributed by atoms with Crippen molar-refractivity contribution in [1.82, 2.24) is 0 Å². The maximum atomic E-state index is 13.5. The third-order valence-corrected chi connectivity index (χ3v) is 6.77. The quantitative estimate of drug-likeness (QED) is 0.185. The van der Waals surface area contributed by atoms with Crippen LogP contribution in [0.15, 0.2) is 113 Å². The molecule has 4 rings (SSSR count). The second-order valence-electron chi connectivity index (χ2n) is 8.63. The van der Waals surface area contributed by atoms with Crippen molar-refractivity contribution in [3.63, 3.8) is 0 Å². The third-order valence-electron chi connectivity index (χ3n) is 5.77. The van der Waals surface area contributed by atoms with E-state index >= 15 is 0 Å². The van der Waals surface area contributed by atoms with Gasteiger partial charge in [-0.2, -0.15) is 13.2 Å². The summed E-state index contributed by atoms with van der Waals surface area (Å²) in [6.45, 7) is 3.22. The first-order chi connectivity index (χ1) is 18.6. The Morgan fingerprint density at radius 3 is 2.13 bits per heavy atom. The first-order valence-corrected chi connectivity index (χ1v) is 12.8. The molecule has 5 nitrogen and oxygen atoms in total. The normalized spacial score (nSPS) is 11.9. The van der Waals surface area contributed by atoms with Gasteiger partial charge in [-0.05, 0) is 79.2 Å². The van der Waals surface area contributed by atoms with Gasteiger partial charge in [-0.15, -0.1) is 0 Å². The molecule has 0 saturated heterocycles. The van der Waals surface area contributed by atoms with Crippen LogP contribution >= 0.6 is 11.8 Å². The maximum absolute atomic E-state index is 13.5. The van der Waals surface area contributed by atoms with Crippen molar-refractivity contribution in [3.8, 4) is 5.75 Å². The highest BCUT2D eigenvalue weighted by molar-refractivity contribution is 7.99. The summed E-state index contributed by atoms with van der Waals surface area (Å²) in [5.74, 6) is 0.0497. The fourth-order valence-corrected chi connectivity index (χ4v) is 4.77. The second-order valence-corrected chi connectivity index (χ2v) is 9.77. The highest BCUT2D eigenvalue weighted by Crippen LogP contribution is 2.35. The summed E-state index contributed by atoms with van der Waals surface area (Å²) in [6, 6.07) is 27.4. The van der Waals surface area contributed by atoms with E-state index in [9.17, 15) is 22.8 Å². The topological polar surface area (TPSA) is 58.6 Å². The number of halogens is 3. The molecule has 0 heterocycles. The summed E-state index contributed by atoms with van der Waals surface area (Å²) in [6.07, 6.45) is -4.46. The first-order valence-electron chi connectivity index (χ1n) is 12.0. The summed E-state index contributed by atoms with van der Waals surface area (Å²) >= 11 is 1.47. The predicted octanol–water partition coefficient (Wildman–Crippen LogP) is 8.58. The first kappa shape index (κ1) is 27.8. The predicted molar refractivity (Wildman–Crippen MR) is 146 cm³/mol. The van der Waals surface area contributed by atoms with Crippen LogP contribution in [0.5, 0.6) is 5.75 Å². The lowest BCUT2D eigenvalue weighted by molar-refractivity contribution is -0.137. The minimum absolute atomic E-state index is 0.247. The van der Waals surface area contributed by atoms with Crippen molar-refractivity contribution in [2.45, 2.75) is 35.9 Å². The fraction of sp³-hybridized carbons (Fsp3) is 0.133. The number of hydrogen-bond acceptors (Lipinski definition) is 4. The number of hydrogen-bond donors (Lipinski definition) is 1. The number of amides is 2. The number of carbonyl (C=O) groups excluding carboxylic acids is 2. The molecule has 200 valence electrons. The molecule has 0 saturated carbocycles. The number of urea groups is 1. The van der Waals surface area contributed by atoms with Crippen LogP contribution < -0.4 is 15.0 Å². The van der Waals surface area contributed by atoms with E-state index in [0.717, 1.165) is 27.5 Å². The zero-order valence-corrected chi connectivity index (χ0v) is 21.9. The molecule has 4 aromatic carbocycles. The van der Waals surface area contributed by atoms with Gasteiger partial charge < -0.3 is 10.1 Å². The van der Waals surface area contributed by atoms with Crippen LogP contribution in [-0.2, 0) is 11.0 Å². The Balaban J connectivity index is 1.60. The van der Waals surface area contributed by atoms with Gasteiger partial charge in [0.15, 0.2) is 0 Å². The van der Waals surface area contributed by atoms with Crippen LogP contribution in [0.3, 0.4) is 0 Å². The number of benzene rings is 4. The Morgan fingerprint density at radius 2 is 1.51 bits per heavy atom. The molecule has 39 heavy (non-hydrogen) atoms. The van der Waals surface area contributed by atoms with Crippen LogP contribution in [-0.4, -0.2) is 12.0 Å². The Bertz CT molecular complexity index is 1430. The average molecular weight is 551 g/mol. The van der Waals surface area contributed by atoms with E-state index < -0.39 is 23.7 Å². The molecule has 1 atom stereocenters. The highest BCUT2D eigenvalue weighted by Gasteiger charge is 2.30. The molecule has 1 N–H and O–H groups in total. The molecule has 1 unspecified atom stereocenters. The molecule has 9 heteroatoms. The van der Waals surface area contributed by atoms with Gasteiger partial charge in [0, 0.05) is 28.1 Å². The molecule has 0 bridgehead atoms. The van der Waals surface area contributed by atoms with Crippen molar-refractivity contribution in [2.75, 3.05) is 10.2 Å². The van der Waals surface area contributed by atoms with E-state index in [1.54, 1.807) is 23.1 Å². The number of nitrogens with one attached hydrogen (secondary N) is 1. The standard InChI is InChI=1S/C30H25F3N2O3S/c1-20(22-7-4-3-5-8-22)35(29(37)34-24-13-11-23(12-14-24)30(31,32)33)25-9-6-10-28(19-25)39-27-17-15-26(16-18-27)38-21(2)36/h3-20H,1-2H3,(H,34,37). The van der Waals surface area contributed by atoms with Crippen LogP contribution in [0.4, 0.5) is 29.3 Å². The Morgan fingerprint density at radius 1 is 0.846 bits per heavy atom. The monoisotopic (exact) mass is 550 g/mol. The SMILES string of the molecule is CC(=O)Oc1ccc(Sc2cccc(N(C(=O)Nc3ccc(C(F)(F)F)cc3)C(C)c3ccccc3)c2)cc1. The van der Waals surface area contributed by atoms with Crippen molar-refractivity contribution in [2.24, 2.45) is 0 Å².